The van der Waals surface area contributed by atoms with Crippen molar-refractivity contribution in [2.75, 3.05) is 19.6 Å². The van der Waals surface area contributed by atoms with Gasteiger partial charge in [0.05, 0.1) is 21.3 Å². The fourth-order valence-electron chi connectivity index (χ4n) is 3.55. The van der Waals surface area contributed by atoms with Crippen molar-refractivity contribution < 1.29 is 9.59 Å². The Labute approximate surface area is 187 Å². The van der Waals surface area contributed by atoms with Crippen LogP contribution in [0.3, 0.4) is 0 Å². The Hall–Kier alpha value is -1.96. The number of halogens is 1. The molecule has 6 nitrogen and oxygen atoms in total. The minimum atomic E-state index is -0.619. The fourth-order valence-corrected chi connectivity index (χ4v) is 4.50. The van der Waals surface area contributed by atoms with E-state index < -0.39 is 6.04 Å². The molecule has 1 aliphatic heterocycles. The number of benzene rings is 1. The van der Waals surface area contributed by atoms with Gasteiger partial charge in [-0.2, -0.15) is 0 Å². The van der Waals surface area contributed by atoms with Crippen LogP contribution in [0, 0.1) is 5.92 Å². The average molecular weight is 449 g/mol. The Morgan fingerprint density at radius 2 is 2.03 bits per heavy atom. The van der Waals surface area contributed by atoms with E-state index in [1.165, 1.54) is 5.01 Å². The Morgan fingerprint density at radius 3 is 2.70 bits per heavy atom. The van der Waals surface area contributed by atoms with Crippen LogP contribution in [0.25, 0.3) is 0 Å². The summed E-state index contributed by atoms with van der Waals surface area (Å²) in [6.45, 7) is 7.38. The lowest BCUT2D eigenvalue weighted by molar-refractivity contribution is -0.122. The zero-order valence-corrected chi connectivity index (χ0v) is 19.1. The normalized spacial score (nSPS) is 16.2. The molecule has 3 rings (SSSR count). The summed E-state index contributed by atoms with van der Waals surface area (Å²) in [5.41, 5.74) is 1.53. The number of hydrogen-bond acceptors (Lipinski definition) is 5. The molecule has 1 unspecified atom stereocenters. The summed E-state index contributed by atoms with van der Waals surface area (Å²) in [6, 6.07) is 6.19. The summed E-state index contributed by atoms with van der Waals surface area (Å²) in [5, 5.41) is 9.42. The van der Waals surface area contributed by atoms with Crippen LogP contribution >= 0.6 is 22.9 Å². The molecule has 0 aliphatic carbocycles. The van der Waals surface area contributed by atoms with Gasteiger partial charge in [-0.1, -0.05) is 30.7 Å². The summed E-state index contributed by atoms with van der Waals surface area (Å²) in [5.74, 6) is -0.0597. The number of thiazole rings is 1. The Morgan fingerprint density at radius 1 is 1.30 bits per heavy atom. The molecule has 1 saturated heterocycles. The first-order chi connectivity index (χ1) is 14.5. The van der Waals surface area contributed by atoms with Crippen molar-refractivity contribution in [1.82, 2.24) is 20.5 Å². The number of aromatic nitrogens is 1. The molecule has 1 aliphatic rings. The fraction of sp³-hybridized carbons (Fsp3) is 0.500. The third-order valence-electron chi connectivity index (χ3n) is 5.42. The third-order valence-corrected chi connectivity index (χ3v) is 6.79. The highest BCUT2D eigenvalue weighted by atomic mass is 35.5. The van der Waals surface area contributed by atoms with E-state index in [0.29, 0.717) is 23.0 Å². The molecular weight excluding hydrogens is 420 g/mol. The third kappa shape index (κ3) is 6.27. The second kappa shape index (κ2) is 10.9. The molecular formula is C22H29ClN4O2S. The Kier molecular flexibility index (Phi) is 8.24. The van der Waals surface area contributed by atoms with Gasteiger partial charge in [-0.05, 0) is 57.3 Å². The maximum Gasteiger partial charge on any atom is 0.253 e. The molecule has 1 fully saturated rings. The predicted molar refractivity (Wildman–Crippen MR) is 121 cm³/mol. The van der Waals surface area contributed by atoms with Gasteiger partial charge in [-0.25, -0.2) is 4.98 Å². The second-order valence-corrected chi connectivity index (χ2v) is 9.08. The van der Waals surface area contributed by atoms with E-state index in [0.717, 1.165) is 44.6 Å². The number of nitrogens with zero attached hydrogens (tertiary/aromatic N) is 2. The summed E-state index contributed by atoms with van der Waals surface area (Å²) in [4.78, 5) is 31.8. The van der Waals surface area contributed by atoms with Gasteiger partial charge in [-0.3, -0.25) is 14.5 Å². The van der Waals surface area contributed by atoms with Gasteiger partial charge in [0, 0.05) is 18.5 Å². The molecule has 1 atom stereocenters. The van der Waals surface area contributed by atoms with Crippen LogP contribution < -0.4 is 10.6 Å². The maximum absolute atomic E-state index is 12.4. The van der Waals surface area contributed by atoms with E-state index in [1.807, 2.05) is 0 Å². The number of hydrogen-bond donors (Lipinski definition) is 2. The topological polar surface area (TPSA) is 74.3 Å². The molecule has 2 N–H and O–H groups in total. The number of nitrogens with one attached hydrogen (secondary N) is 2. The van der Waals surface area contributed by atoms with Crippen LogP contribution in [0.15, 0.2) is 29.6 Å². The largest absolute Gasteiger partial charge is 0.354 e. The minimum absolute atomic E-state index is 0.174. The van der Waals surface area contributed by atoms with Crippen LogP contribution in [0.2, 0.25) is 5.02 Å². The van der Waals surface area contributed by atoms with Crippen molar-refractivity contribution in [2.24, 2.45) is 5.92 Å². The van der Waals surface area contributed by atoms with Crippen molar-refractivity contribution >= 4 is 34.8 Å². The number of carbonyl (C=O) groups excluding carboxylic acids is 2. The number of amides is 2. The summed E-state index contributed by atoms with van der Waals surface area (Å²) in [7, 11) is 0. The van der Waals surface area contributed by atoms with Crippen LogP contribution in [-0.2, 0) is 17.8 Å². The first kappa shape index (κ1) is 22.7. The zero-order valence-electron chi connectivity index (χ0n) is 17.5. The molecule has 0 bridgehead atoms. The van der Waals surface area contributed by atoms with Gasteiger partial charge in [0.25, 0.3) is 5.91 Å². The lowest BCUT2D eigenvalue weighted by Gasteiger charge is -2.31. The highest BCUT2D eigenvalue weighted by Crippen LogP contribution is 2.20. The molecule has 1 aromatic heterocycles. The standard InChI is InChI=1S/C22H29ClN4O2S/c1-3-20-26-17(14-30-20)13-27-10-8-16(9-11-27)12-24-21(28)15(2)25-22(29)18-6-4-5-7-19(18)23/h4-7,14-16H,3,8-13H2,1-2H3,(H,24,28)(H,25,29). The first-order valence-corrected chi connectivity index (χ1v) is 11.7. The van der Waals surface area contributed by atoms with E-state index in [4.69, 9.17) is 11.6 Å². The minimum Gasteiger partial charge on any atom is -0.354 e. The lowest BCUT2D eigenvalue weighted by Crippen LogP contribution is -2.47. The van der Waals surface area contributed by atoms with Crippen LogP contribution in [0.5, 0.6) is 0 Å². The number of piperidine rings is 1. The number of likely N-dealkylation sites (tertiary alicyclic amines) is 1. The monoisotopic (exact) mass is 448 g/mol. The van der Waals surface area contributed by atoms with Crippen LogP contribution in [0.4, 0.5) is 0 Å². The number of rotatable bonds is 8. The van der Waals surface area contributed by atoms with Crippen molar-refractivity contribution in [3.8, 4) is 0 Å². The van der Waals surface area contributed by atoms with Gasteiger partial charge in [0.15, 0.2) is 0 Å². The average Bonchev–Trinajstić information content (AvgIpc) is 3.20. The molecule has 0 spiro atoms. The van der Waals surface area contributed by atoms with Gasteiger partial charge in [0.1, 0.15) is 6.04 Å². The van der Waals surface area contributed by atoms with Crippen molar-refractivity contribution in [2.45, 2.75) is 45.7 Å². The van der Waals surface area contributed by atoms with E-state index in [2.05, 4.69) is 32.8 Å². The summed E-state index contributed by atoms with van der Waals surface area (Å²) in [6.07, 6.45) is 3.08. The van der Waals surface area contributed by atoms with E-state index in [-0.39, 0.29) is 11.8 Å². The first-order valence-electron chi connectivity index (χ1n) is 10.4. The smallest absolute Gasteiger partial charge is 0.253 e. The molecule has 162 valence electrons. The molecule has 2 aromatic rings. The van der Waals surface area contributed by atoms with Gasteiger partial charge in [-0.15, -0.1) is 11.3 Å². The van der Waals surface area contributed by atoms with Crippen LogP contribution in [0.1, 0.15) is 47.7 Å². The van der Waals surface area contributed by atoms with Crippen LogP contribution in [-0.4, -0.2) is 47.4 Å². The van der Waals surface area contributed by atoms with Gasteiger partial charge >= 0.3 is 0 Å². The SMILES string of the molecule is CCc1nc(CN2CCC(CNC(=O)C(C)NC(=O)c3ccccc3Cl)CC2)cs1. The van der Waals surface area contributed by atoms with Crippen molar-refractivity contribution in [3.05, 3.63) is 50.9 Å². The summed E-state index contributed by atoms with van der Waals surface area (Å²) >= 11 is 7.78. The van der Waals surface area contributed by atoms with Crippen molar-refractivity contribution in [1.29, 1.82) is 0 Å². The quantitative estimate of drug-likeness (QED) is 0.648. The Bertz CT molecular complexity index is 864. The molecule has 2 amide bonds. The van der Waals surface area contributed by atoms with Gasteiger partial charge < -0.3 is 10.6 Å². The highest BCUT2D eigenvalue weighted by Gasteiger charge is 2.22. The lowest BCUT2D eigenvalue weighted by atomic mass is 9.96. The second-order valence-electron chi connectivity index (χ2n) is 7.73. The van der Waals surface area contributed by atoms with E-state index >= 15 is 0 Å². The predicted octanol–water partition coefficient (Wildman–Crippen LogP) is 3.51. The molecule has 8 heteroatoms. The summed E-state index contributed by atoms with van der Waals surface area (Å²) < 4.78 is 0. The molecule has 0 saturated carbocycles. The molecule has 1 aromatic carbocycles. The number of carbonyl (C=O) groups is 2. The number of aryl methyl sites for hydroxylation is 1. The van der Waals surface area contributed by atoms with E-state index in [1.54, 1.807) is 42.5 Å². The van der Waals surface area contributed by atoms with Gasteiger partial charge in [0.2, 0.25) is 5.91 Å². The molecule has 2 heterocycles. The highest BCUT2D eigenvalue weighted by molar-refractivity contribution is 7.09. The maximum atomic E-state index is 12.4. The zero-order chi connectivity index (χ0) is 21.5. The Balaban J connectivity index is 1.37. The molecule has 0 radical (unpaired) electrons. The van der Waals surface area contributed by atoms with E-state index in [9.17, 15) is 9.59 Å². The molecule has 30 heavy (non-hydrogen) atoms. The van der Waals surface area contributed by atoms with Crippen molar-refractivity contribution in [3.63, 3.8) is 0 Å².